The van der Waals surface area contributed by atoms with Gasteiger partial charge in [0.2, 0.25) is 11.8 Å². The standard InChI is InChI=1S/C23H28ClN3O4S/c1-23(2,3)22(29)27-13-11-16(12-14-27)21(28)25-19-5-4-6-20(15-19)32(30,31)26-18-9-7-17(24)8-10-18/h4-10,15-16,26H,11-14H2,1-3H3,(H,25,28). The molecule has 1 aliphatic rings. The molecule has 9 heteroatoms. The Bertz CT molecular complexity index is 1090. The fourth-order valence-electron chi connectivity index (χ4n) is 3.54. The average molecular weight is 478 g/mol. The molecule has 2 aromatic carbocycles. The minimum Gasteiger partial charge on any atom is -0.342 e. The van der Waals surface area contributed by atoms with Crippen LogP contribution in [-0.4, -0.2) is 38.2 Å². The zero-order valence-corrected chi connectivity index (χ0v) is 20.0. The first-order valence-electron chi connectivity index (χ1n) is 10.4. The van der Waals surface area contributed by atoms with E-state index in [-0.39, 0.29) is 22.6 Å². The van der Waals surface area contributed by atoms with Crippen LogP contribution in [0.5, 0.6) is 0 Å². The fraction of sp³-hybridized carbons (Fsp3) is 0.391. The predicted octanol–water partition coefficient (Wildman–Crippen LogP) is 4.36. The van der Waals surface area contributed by atoms with Crippen molar-refractivity contribution in [2.75, 3.05) is 23.1 Å². The van der Waals surface area contributed by atoms with Gasteiger partial charge < -0.3 is 10.2 Å². The van der Waals surface area contributed by atoms with Gasteiger partial charge in [-0.25, -0.2) is 8.42 Å². The third-order valence-corrected chi connectivity index (χ3v) is 6.93. The number of hydrogen-bond acceptors (Lipinski definition) is 4. The lowest BCUT2D eigenvalue weighted by Gasteiger charge is -2.35. The molecule has 1 heterocycles. The number of carbonyl (C=O) groups excluding carboxylic acids is 2. The van der Waals surface area contributed by atoms with Gasteiger partial charge in [0.05, 0.1) is 4.90 Å². The summed E-state index contributed by atoms with van der Waals surface area (Å²) in [5, 5.41) is 3.32. The molecule has 2 N–H and O–H groups in total. The molecule has 0 aliphatic carbocycles. The number of rotatable bonds is 5. The molecule has 32 heavy (non-hydrogen) atoms. The number of carbonyl (C=O) groups is 2. The van der Waals surface area contributed by atoms with E-state index >= 15 is 0 Å². The lowest BCUT2D eigenvalue weighted by Crippen LogP contribution is -2.45. The Morgan fingerprint density at radius 2 is 1.62 bits per heavy atom. The Balaban J connectivity index is 1.63. The number of sulfonamides is 1. The number of anilines is 2. The molecular weight excluding hydrogens is 450 g/mol. The summed E-state index contributed by atoms with van der Waals surface area (Å²) in [4.78, 5) is 27.0. The van der Waals surface area contributed by atoms with Gasteiger partial charge in [-0.1, -0.05) is 38.4 Å². The zero-order chi connectivity index (χ0) is 23.5. The maximum absolute atomic E-state index is 12.7. The molecule has 1 saturated heterocycles. The van der Waals surface area contributed by atoms with Crippen molar-refractivity contribution in [3.8, 4) is 0 Å². The summed E-state index contributed by atoms with van der Waals surface area (Å²) in [5.74, 6) is -0.318. The minimum absolute atomic E-state index is 0.0378. The van der Waals surface area contributed by atoms with Gasteiger partial charge >= 0.3 is 0 Å². The highest BCUT2D eigenvalue weighted by Gasteiger charge is 2.32. The van der Waals surface area contributed by atoms with Crippen molar-refractivity contribution in [1.82, 2.24) is 4.90 Å². The number of nitrogens with one attached hydrogen (secondary N) is 2. The van der Waals surface area contributed by atoms with Crippen molar-refractivity contribution in [2.45, 2.75) is 38.5 Å². The van der Waals surface area contributed by atoms with Gasteiger partial charge in [0.15, 0.2) is 0 Å². The van der Waals surface area contributed by atoms with Crippen LogP contribution in [0.1, 0.15) is 33.6 Å². The summed E-state index contributed by atoms with van der Waals surface area (Å²) in [6.07, 6.45) is 1.15. The highest BCUT2D eigenvalue weighted by atomic mass is 35.5. The zero-order valence-electron chi connectivity index (χ0n) is 18.4. The Labute approximate surface area is 194 Å². The molecule has 0 aromatic heterocycles. The number of amides is 2. The Morgan fingerprint density at radius 1 is 1.00 bits per heavy atom. The second-order valence-electron chi connectivity index (χ2n) is 8.95. The number of halogens is 1. The fourth-order valence-corrected chi connectivity index (χ4v) is 4.77. The quantitative estimate of drug-likeness (QED) is 0.668. The van der Waals surface area contributed by atoms with Crippen LogP contribution >= 0.6 is 11.6 Å². The highest BCUT2D eigenvalue weighted by molar-refractivity contribution is 7.92. The molecule has 3 rings (SSSR count). The maximum Gasteiger partial charge on any atom is 0.261 e. The van der Waals surface area contributed by atoms with E-state index in [1.54, 1.807) is 41.3 Å². The van der Waals surface area contributed by atoms with Gasteiger partial charge in [0, 0.05) is 40.8 Å². The summed E-state index contributed by atoms with van der Waals surface area (Å²) in [6, 6.07) is 12.4. The number of hydrogen-bond donors (Lipinski definition) is 2. The first-order chi connectivity index (χ1) is 15.0. The summed E-state index contributed by atoms with van der Waals surface area (Å²) in [5.41, 5.74) is 0.351. The molecule has 0 radical (unpaired) electrons. The molecule has 1 fully saturated rings. The first kappa shape index (κ1) is 24.1. The second kappa shape index (κ2) is 9.50. The average Bonchev–Trinajstić information content (AvgIpc) is 2.74. The number of piperidine rings is 1. The van der Waals surface area contributed by atoms with Gasteiger partial charge in [0.25, 0.3) is 10.0 Å². The van der Waals surface area contributed by atoms with Crippen molar-refractivity contribution in [3.63, 3.8) is 0 Å². The third kappa shape index (κ3) is 6.01. The number of likely N-dealkylation sites (tertiary alicyclic amines) is 1. The Morgan fingerprint density at radius 3 is 2.22 bits per heavy atom. The van der Waals surface area contributed by atoms with Crippen LogP contribution in [0.25, 0.3) is 0 Å². The summed E-state index contributed by atoms with van der Waals surface area (Å²) in [7, 11) is -3.83. The lowest BCUT2D eigenvalue weighted by molar-refractivity contribution is -0.142. The Kier molecular flexibility index (Phi) is 7.15. The van der Waals surface area contributed by atoms with E-state index in [0.717, 1.165) is 0 Å². The van der Waals surface area contributed by atoms with Crippen LogP contribution in [0.15, 0.2) is 53.4 Å². The van der Waals surface area contributed by atoms with Gasteiger partial charge in [-0.15, -0.1) is 0 Å². The minimum atomic E-state index is -3.83. The molecule has 172 valence electrons. The monoisotopic (exact) mass is 477 g/mol. The molecule has 2 amide bonds. The molecule has 0 unspecified atom stereocenters. The number of nitrogens with zero attached hydrogens (tertiary/aromatic N) is 1. The van der Waals surface area contributed by atoms with E-state index < -0.39 is 15.4 Å². The van der Waals surface area contributed by atoms with Crippen LogP contribution in [-0.2, 0) is 19.6 Å². The molecule has 2 aromatic rings. The van der Waals surface area contributed by atoms with Crippen LogP contribution < -0.4 is 10.0 Å². The van der Waals surface area contributed by atoms with Gasteiger partial charge in [-0.3, -0.25) is 14.3 Å². The summed E-state index contributed by atoms with van der Waals surface area (Å²) in [6.45, 7) is 6.73. The van der Waals surface area contributed by atoms with Crippen LogP contribution in [0.4, 0.5) is 11.4 Å². The molecule has 0 atom stereocenters. The van der Waals surface area contributed by atoms with E-state index in [0.29, 0.717) is 42.3 Å². The molecule has 0 saturated carbocycles. The van der Waals surface area contributed by atoms with Gasteiger partial charge in [-0.2, -0.15) is 0 Å². The van der Waals surface area contributed by atoms with Crippen LogP contribution in [0.2, 0.25) is 5.02 Å². The lowest BCUT2D eigenvalue weighted by atomic mass is 9.90. The SMILES string of the molecule is CC(C)(C)C(=O)N1CCC(C(=O)Nc2cccc(S(=O)(=O)Nc3ccc(Cl)cc3)c2)CC1. The normalized spacial score (nSPS) is 15.3. The number of benzene rings is 2. The smallest absolute Gasteiger partial charge is 0.261 e. The van der Waals surface area contributed by atoms with Gasteiger partial charge in [-0.05, 0) is 55.3 Å². The maximum atomic E-state index is 12.7. The third-order valence-electron chi connectivity index (χ3n) is 5.30. The van der Waals surface area contributed by atoms with Gasteiger partial charge in [0.1, 0.15) is 0 Å². The first-order valence-corrected chi connectivity index (χ1v) is 12.3. The second-order valence-corrected chi connectivity index (χ2v) is 11.1. The van der Waals surface area contributed by atoms with Crippen molar-refractivity contribution >= 4 is 44.8 Å². The van der Waals surface area contributed by atoms with Crippen molar-refractivity contribution in [1.29, 1.82) is 0 Å². The molecule has 0 spiro atoms. The predicted molar refractivity (Wildman–Crippen MR) is 126 cm³/mol. The topological polar surface area (TPSA) is 95.6 Å². The van der Waals surface area contributed by atoms with E-state index in [9.17, 15) is 18.0 Å². The largest absolute Gasteiger partial charge is 0.342 e. The Hall–Kier alpha value is -2.58. The van der Waals surface area contributed by atoms with E-state index in [1.807, 2.05) is 20.8 Å². The molecular formula is C23H28ClN3O4S. The molecule has 7 nitrogen and oxygen atoms in total. The van der Waals surface area contributed by atoms with E-state index in [2.05, 4.69) is 10.0 Å². The van der Waals surface area contributed by atoms with Crippen LogP contribution in [0.3, 0.4) is 0 Å². The van der Waals surface area contributed by atoms with Crippen molar-refractivity contribution < 1.29 is 18.0 Å². The van der Waals surface area contributed by atoms with Crippen molar-refractivity contribution in [2.24, 2.45) is 11.3 Å². The van der Waals surface area contributed by atoms with Crippen molar-refractivity contribution in [3.05, 3.63) is 53.6 Å². The molecule has 1 aliphatic heterocycles. The van der Waals surface area contributed by atoms with E-state index in [4.69, 9.17) is 11.6 Å². The summed E-state index contributed by atoms with van der Waals surface area (Å²) >= 11 is 5.84. The van der Waals surface area contributed by atoms with Crippen LogP contribution in [0, 0.1) is 11.3 Å². The molecule has 0 bridgehead atoms. The summed E-state index contributed by atoms with van der Waals surface area (Å²) < 4.78 is 27.9. The highest BCUT2D eigenvalue weighted by Crippen LogP contribution is 2.25. The van der Waals surface area contributed by atoms with E-state index in [1.165, 1.54) is 12.1 Å².